The molecule has 0 aromatic heterocycles. The molecule has 1 fully saturated rings. The maximum Gasteiger partial charge on any atom is 0.307 e. The van der Waals surface area contributed by atoms with E-state index in [4.69, 9.17) is 9.84 Å². The van der Waals surface area contributed by atoms with Gasteiger partial charge in [0.15, 0.2) is 0 Å². The summed E-state index contributed by atoms with van der Waals surface area (Å²) in [6.45, 7) is 2.12. The van der Waals surface area contributed by atoms with E-state index in [1.807, 2.05) is 0 Å². The molecule has 0 heterocycles. The number of amides is 1. The van der Waals surface area contributed by atoms with Crippen LogP contribution in [0.3, 0.4) is 0 Å². The minimum Gasteiger partial charge on any atom is -0.481 e. The first-order valence-corrected chi connectivity index (χ1v) is 5.59. The fourth-order valence-corrected chi connectivity index (χ4v) is 1.58. The van der Waals surface area contributed by atoms with Gasteiger partial charge in [0.1, 0.15) is 0 Å². The summed E-state index contributed by atoms with van der Waals surface area (Å²) in [5.74, 6) is -2.23. The molecule has 3 atom stereocenters. The number of nitrogens with one attached hydrogen (secondary N) is 1. The van der Waals surface area contributed by atoms with Crippen molar-refractivity contribution in [3.05, 3.63) is 0 Å². The van der Waals surface area contributed by atoms with Crippen LogP contribution in [0.4, 0.5) is 0 Å². The lowest BCUT2D eigenvalue weighted by atomic mass is 10.0. The maximum absolute atomic E-state index is 11.5. The zero-order chi connectivity index (χ0) is 13.1. The third-order valence-corrected chi connectivity index (χ3v) is 2.93. The highest BCUT2D eigenvalue weighted by Gasteiger charge is 2.48. The SMILES string of the molecule is COCCC(C)(O)CNC(=O)C1CC1C(=O)O. The van der Waals surface area contributed by atoms with Crippen molar-refractivity contribution < 1.29 is 24.5 Å². The molecule has 3 N–H and O–H groups in total. The van der Waals surface area contributed by atoms with E-state index >= 15 is 0 Å². The number of hydrogen-bond donors (Lipinski definition) is 3. The van der Waals surface area contributed by atoms with Crippen molar-refractivity contribution in [1.82, 2.24) is 5.32 Å². The van der Waals surface area contributed by atoms with Gasteiger partial charge >= 0.3 is 5.97 Å². The average Bonchev–Trinajstić information content (AvgIpc) is 3.03. The molecular weight excluding hydrogens is 226 g/mol. The fraction of sp³-hybridized carbons (Fsp3) is 0.818. The smallest absolute Gasteiger partial charge is 0.307 e. The summed E-state index contributed by atoms with van der Waals surface area (Å²) in [4.78, 5) is 22.1. The zero-order valence-corrected chi connectivity index (χ0v) is 10.1. The Morgan fingerprint density at radius 1 is 1.47 bits per heavy atom. The van der Waals surface area contributed by atoms with Gasteiger partial charge in [-0.15, -0.1) is 0 Å². The van der Waals surface area contributed by atoms with Crippen molar-refractivity contribution >= 4 is 11.9 Å². The second-order valence-electron chi connectivity index (χ2n) is 4.74. The zero-order valence-electron chi connectivity index (χ0n) is 10.1. The maximum atomic E-state index is 11.5. The first-order valence-electron chi connectivity index (χ1n) is 5.59. The van der Waals surface area contributed by atoms with Gasteiger partial charge in [-0.3, -0.25) is 9.59 Å². The molecular formula is C11H19NO5. The molecule has 1 saturated carbocycles. The fourth-order valence-electron chi connectivity index (χ4n) is 1.58. The van der Waals surface area contributed by atoms with Gasteiger partial charge in [0, 0.05) is 26.7 Å². The van der Waals surface area contributed by atoms with E-state index < -0.39 is 23.4 Å². The molecule has 98 valence electrons. The van der Waals surface area contributed by atoms with E-state index in [-0.39, 0.29) is 12.5 Å². The summed E-state index contributed by atoms with van der Waals surface area (Å²) in [6.07, 6.45) is 0.804. The molecule has 1 aliphatic carbocycles. The van der Waals surface area contributed by atoms with E-state index in [1.165, 1.54) is 7.11 Å². The van der Waals surface area contributed by atoms with Gasteiger partial charge in [0.05, 0.1) is 17.4 Å². The molecule has 0 radical (unpaired) electrons. The molecule has 17 heavy (non-hydrogen) atoms. The standard InChI is InChI=1S/C11H19NO5/c1-11(16,3-4-17-2)6-12-9(13)7-5-8(7)10(14)15/h7-8,16H,3-6H2,1-2H3,(H,12,13)(H,14,15). The van der Waals surface area contributed by atoms with Crippen LogP contribution >= 0.6 is 0 Å². The van der Waals surface area contributed by atoms with Crippen molar-refractivity contribution in [2.45, 2.75) is 25.4 Å². The van der Waals surface area contributed by atoms with Crippen LogP contribution in [-0.4, -0.2) is 48.0 Å². The first-order chi connectivity index (χ1) is 7.87. The minimum absolute atomic E-state index is 0.109. The molecule has 6 heteroatoms. The van der Waals surface area contributed by atoms with Crippen molar-refractivity contribution in [3.8, 4) is 0 Å². The lowest BCUT2D eigenvalue weighted by Crippen LogP contribution is -2.42. The summed E-state index contributed by atoms with van der Waals surface area (Å²) in [7, 11) is 1.54. The third-order valence-electron chi connectivity index (χ3n) is 2.93. The van der Waals surface area contributed by atoms with Crippen LogP contribution in [0.5, 0.6) is 0 Å². The van der Waals surface area contributed by atoms with Gasteiger partial charge in [-0.25, -0.2) is 0 Å². The Bertz CT molecular complexity index is 302. The van der Waals surface area contributed by atoms with Crippen molar-refractivity contribution in [2.75, 3.05) is 20.3 Å². The summed E-state index contributed by atoms with van der Waals surface area (Å²) in [5.41, 5.74) is -1.03. The number of methoxy groups -OCH3 is 1. The molecule has 0 spiro atoms. The predicted molar refractivity (Wildman–Crippen MR) is 59.4 cm³/mol. The second kappa shape index (κ2) is 5.46. The van der Waals surface area contributed by atoms with E-state index in [9.17, 15) is 14.7 Å². The Kier molecular flexibility index (Phi) is 4.47. The largest absolute Gasteiger partial charge is 0.481 e. The summed E-state index contributed by atoms with van der Waals surface area (Å²) in [5, 5.41) is 21.1. The highest BCUT2D eigenvalue weighted by molar-refractivity contribution is 5.89. The third kappa shape index (κ3) is 4.32. The number of carboxylic acid groups (broad SMARTS) is 1. The van der Waals surface area contributed by atoms with Gasteiger partial charge in [-0.2, -0.15) is 0 Å². The Labute approximate surface area is 100.0 Å². The second-order valence-corrected chi connectivity index (χ2v) is 4.74. The number of hydrogen-bond acceptors (Lipinski definition) is 4. The Hall–Kier alpha value is -1.14. The van der Waals surface area contributed by atoms with Crippen LogP contribution in [0.2, 0.25) is 0 Å². The molecule has 0 aromatic rings. The lowest BCUT2D eigenvalue weighted by molar-refractivity contribution is -0.140. The van der Waals surface area contributed by atoms with Crippen LogP contribution in [0.15, 0.2) is 0 Å². The Morgan fingerprint density at radius 3 is 2.59 bits per heavy atom. The topological polar surface area (TPSA) is 95.9 Å². The Morgan fingerprint density at radius 2 is 2.12 bits per heavy atom. The molecule has 0 bridgehead atoms. The number of carboxylic acids is 1. The normalized spacial score (nSPS) is 26.1. The summed E-state index contributed by atoms with van der Waals surface area (Å²) in [6, 6.07) is 0. The van der Waals surface area contributed by atoms with E-state index in [1.54, 1.807) is 6.92 Å². The van der Waals surface area contributed by atoms with E-state index in [0.29, 0.717) is 19.4 Å². The molecule has 1 amide bonds. The number of aliphatic carboxylic acids is 1. The van der Waals surface area contributed by atoms with Gasteiger partial charge < -0.3 is 20.3 Å². The van der Waals surface area contributed by atoms with Crippen LogP contribution in [0, 0.1) is 11.8 Å². The monoisotopic (exact) mass is 245 g/mol. The highest BCUT2D eigenvalue weighted by Crippen LogP contribution is 2.38. The summed E-state index contributed by atoms with van der Waals surface area (Å²) < 4.78 is 4.84. The predicted octanol–water partition coefficient (Wildman–Crippen LogP) is -0.389. The van der Waals surface area contributed by atoms with Crippen molar-refractivity contribution in [2.24, 2.45) is 11.8 Å². The number of carbonyl (C=O) groups is 2. The van der Waals surface area contributed by atoms with Crippen molar-refractivity contribution in [1.29, 1.82) is 0 Å². The highest BCUT2D eigenvalue weighted by atomic mass is 16.5. The number of aliphatic hydroxyl groups is 1. The number of carbonyl (C=O) groups excluding carboxylic acids is 1. The number of rotatable bonds is 7. The van der Waals surface area contributed by atoms with Crippen LogP contribution in [0.1, 0.15) is 19.8 Å². The quantitative estimate of drug-likeness (QED) is 0.567. The van der Waals surface area contributed by atoms with Crippen molar-refractivity contribution in [3.63, 3.8) is 0 Å². The van der Waals surface area contributed by atoms with Crippen LogP contribution < -0.4 is 5.32 Å². The molecule has 0 aliphatic heterocycles. The van der Waals surface area contributed by atoms with E-state index in [2.05, 4.69) is 5.32 Å². The molecule has 0 saturated heterocycles. The average molecular weight is 245 g/mol. The molecule has 1 aliphatic rings. The molecule has 1 rings (SSSR count). The van der Waals surface area contributed by atoms with Gasteiger partial charge in [0.2, 0.25) is 5.91 Å². The van der Waals surface area contributed by atoms with E-state index in [0.717, 1.165) is 0 Å². The van der Waals surface area contributed by atoms with Gasteiger partial charge in [-0.05, 0) is 13.3 Å². The first kappa shape index (κ1) is 13.9. The van der Waals surface area contributed by atoms with Crippen LogP contribution in [-0.2, 0) is 14.3 Å². The van der Waals surface area contributed by atoms with Gasteiger partial charge in [-0.1, -0.05) is 0 Å². The molecule has 0 aromatic carbocycles. The summed E-state index contributed by atoms with van der Waals surface area (Å²) >= 11 is 0. The molecule has 3 unspecified atom stereocenters. The van der Waals surface area contributed by atoms with Crippen LogP contribution in [0.25, 0.3) is 0 Å². The molecule has 6 nitrogen and oxygen atoms in total. The lowest BCUT2D eigenvalue weighted by Gasteiger charge is -2.23. The minimum atomic E-state index is -1.03. The van der Waals surface area contributed by atoms with Gasteiger partial charge in [0.25, 0.3) is 0 Å². The number of ether oxygens (including phenoxy) is 1. The Balaban J connectivity index is 2.27.